The maximum Gasteiger partial charge on any atom is 0.148 e. The van der Waals surface area contributed by atoms with E-state index in [2.05, 4.69) is 11.8 Å². The summed E-state index contributed by atoms with van der Waals surface area (Å²) in [5.41, 5.74) is 0. The molecule has 50 valence electrons. The fraction of sp³-hybridized carbons (Fsp3) is 0.571. The van der Waals surface area contributed by atoms with Crippen LogP contribution in [-0.2, 0) is 9.53 Å². The Morgan fingerprint density at radius 2 is 2.44 bits per heavy atom. The molecule has 0 aliphatic heterocycles. The third-order valence-corrected chi connectivity index (χ3v) is 0.787. The predicted molar refractivity (Wildman–Crippen MR) is 34.9 cm³/mol. The predicted octanol–water partition coefficient (Wildman–Crippen LogP) is 0.614. The minimum absolute atomic E-state index is 0.328. The van der Waals surface area contributed by atoms with Crippen molar-refractivity contribution in [2.75, 3.05) is 6.61 Å². The smallest absolute Gasteiger partial charge is 0.148 e. The van der Waals surface area contributed by atoms with E-state index in [1.54, 1.807) is 13.8 Å². The molecule has 0 N–H and O–H groups in total. The van der Waals surface area contributed by atoms with Crippen molar-refractivity contribution in [3.63, 3.8) is 0 Å². The first kappa shape index (κ1) is 8.19. The zero-order chi connectivity index (χ0) is 7.11. The highest BCUT2D eigenvalue weighted by Crippen LogP contribution is 1.82. The highest BCUT2D eigenvalue weighted by atomic mass is 16.5. The summed E-state index contributed by atoms with van der Waals surface area (Å²) in [4.78, 5) is 9.93. The first-order chi connectivity index (χ1) is 4.31. The lowest BCUT2D eigenvalue weighted by Gasteiger charge is -1.99. The van der Waals surface area contributed by atoms with Crippen molar-refractivity contribution in [3.05, 3.63) is 0 Å². The fourth-order valence-corrected chi connectivity index (χ4v) is 0.285. The number of rotatable bonds is 3. The Kier molecular flexibility index (Phi) is 4.85. The van der Waals surface area contributed by atoms with Crippen molar-refractivity contribution in [2.45, 2.75) is 20.0 Å². The molecule has 0 aromatic carbocycles. The lowest BCUT2D eigenvalue weighted by atomic mass is 10.5. The maximum absolute atomic E-state index is 9.93. The van der Waals surface area contributed by atoms with E-state index < -0.39 is 0 Å². The second-order valence-corrected chi connectivity index (χ2v) is 1.58. The SMILES string of the molecule is CC#CCO[C@@H](C)C=O. The summed E-state index contributed by atoms with van der Waals surface area (Å²) in [5, 5.41) is 0. The monoisotopic (exact) mass is 126 g/mol. The summed E-state index contributed by atoms with van der Waals surface area (Å²) in [6.45, 7) is 3.76. The highest BCUT2D eigenvalue weighted by Gasteiger charge is 1.93. The van der Waals surface area contributed by atoms with Crippen LogP contribution in [0.3, 0.4) is 0 Å². The van der Waals surface area contributed by atoms with Crippen molar-refractivity contribution in [2.24, 2.45) is 0 Å². The van der Waals surface area contributed by atoms with Gasteiger partial charge in [-0.3, -0.25) is 0 Å². The van der Waals surface area contributed by atoms with Crippen LogP contribution >= 0.6 is 0 Å². The Balaban J connectivity index is 3.23. The van der Waals surface area contributed by atoms with Gasteiger partial charge in [-0.05, 0) is 13.8 Å². The van der Waals surface area contributed by atoms with E-state index in [4.69, 9.17) is 4.74 Å². The summed E-state index contributed by atoms with van der Waals surface area (Å²) in [5.74, 6) is 5.34. The van der Waals surface area contributed by atoms with Crippen molar-refractivity contribution in [1.29, 1.82) is 0 Å². The summed E-state index contributed by atoms with van der Waals surface area (Å²) < 4.78 is 4.89. The number of carbonyl (C=O) groups is 1. The van der Waals surface area contributed by atoms with Gasteiger partial charge >= 0.3 is 0 Å². The van der Waals surface area contributed by atoms with E-state index in [9.17, 15) is 4.79 Å². The second kappa shape index (κ2) is 5.33. The van der Waals surface area contributed by atoms with Gasteiger partial charge in [-0.15, -0.1) is 5.92 Å². The molecule has 0 heterocycles. The lowest BCUT2D eigenvalue weighted by Crippen LogP contribution is -2.08. The molecular formula is C7H10O2. The van der Waals surface area contributed by atoms with Crippen LogP contribution in [0.1, 0.15) is 13.8 Å². The minimum Gasteiger partial charge on any atom is -0.358 e. The fourth-order valence-electron chi connectivity index (χ4n) is 0.285. The van der Waals surface area contributed by atoms with Gasteiger partial charge in [0.15, 0.2) is 0 Å². The maximum atomic E-state index is 9.93. The quantitative estimate of drug-likeness (QED) is 0.409. The zero-order valence-corrected chi connectivity index (χ0v) is 5.68. The zero-order valence-electron chi connectivity index (χ0n) is 5.68. The summed E-state index contributed by atoms with van der Waals surface area (Å²) in [6.07, 6.45) is 0.419. The molecule has 0 amide bonds. The first-order valence-electron chi connectivity index (χ1n) is 2.77. The van der Waals surface area contributed by atoms with Crippen LogP contribution in [0.5, 0.6) is 0 Å². The van der Waals surface area contributed by atoms with Gasteiger partial charge in [0.05, 0.1) is 0 Å². The number of hydrogen-bond acceptors (Lipinski definition) is 2. The average molecular weight is 126 g/mol. The van der Waals surface area contributed by atoms with Crippen molar-refractivity contribution in [1.82, 2.24) is 0 Å². The van der Waals surface area contributed by atoms with E-state index in [-0.39, 0.29) is 6.10 Å². The van der Waals surface area contributed by atoms with Crippen LogP contribution in [0.15, 0.2) is 0 Å². The van der Waals surface area contributed by atoms with Crippen LogP contribution in [0.2, 0.25) is 0 Å². The molecule has 0 aromatic rings. The minimum atomic E-state index is -0.328. The van der Waals surface area contributed by atoms with E-state index in [0.29, 0.717) is 6.61 Å². The van der Waals surface area contributed by atoms with Crippen LogP contribution in [-0.4, -0.2) is 19.0 Å². The van der Waals surface area contributed by atoms with Crippen LogP contribution in [0, 0.1) is 11.8 Å². The Bertz CT molecular complexity index is 130. The van der Waals surface area contributed by atoms with Gasteiger partial charge in [0, 0.05) is 0 Å². The number of aldehydes is 1. The summed E-state index contributed by atoms with van der Waals surface area (Å²) >= 11 is 0. The molecule has 9 heavy (non-hydrogen) atoms. The topological polar surface area (TPSA) is 26.3 Å². The molecular weight excluding hydrogens is 116 g/mol. The first-order valence-corrected chi connectivity index (χ1v) is 2.77. The van der Waals surface area contributed by atoms with Crippen molar-refractivity contribution in [3.8, 4) is 11.8 Å². The molecule has 0 aromatic heterocycles. The van der Waals surface area contributed by atoms with Crippen LogP contribution in [0.4, 0.5) is 0 Å². The molecule has 0 unspecified atom stereocenters. The molecule has 1 atom stereocenters. The van der Waals surface area contributed by atoms with Gasteiger partial charge in [-0.1, -0.05) is 5.92 Å². The van der Waals surface area contributed by atoms with Gasteiger partial charge in [0.2, 0.25) is 0 Å². The Morgan fingerprint density at radius 1 is 1.78 bits per heavy atom. The van der Waals surface area contributed by atoms with Crippen LogP contribution < -0.4 is 0 Å². The number of carbonyl (C=O) groups excluding carboxylic acids is 1. The molecule has 0 spiro atoms. The van der Waals surface area contributed by atoms with Gasteiger partial charge in [0.25, 0.3) is 0 Å². The molecule has 0 bridgehead atoms. The number of ether oxygens (including phenoxy) is 1. The number of hydrogen-bond donors (Lipinski definition) is 0. The van der Waals surface area contributed by atoms with Crippen LogP contribution in [0.25, 0.3) is 0 Å². The third-order valence-electron chi connectivity index (χ3n) is 0.787. The summed E-state index contributed by atoms with van der Waals surface area (Å²) in [7, 11) is 0. The normalized spacial score (nSPS) is 11.3. The van der Waals surface area contributed by atoms with E-state index in [1.807, 2.05) is 0 Å². The molecule has 0 radical (unpaired) electrons. The Hall–Kier alpha value is -0.810. The van der Waals surface area contributed by atoms with Crippen molar-refractivity contribution < 1.29 is 9.53 Å². The second-order valence-electron chi connectivity index (χ2n) is 1.58. The van der Waals surface area contributed by atoms with Gasteiger partial charge < -0.3 is 9.53 Å². The van der Waals surface area contributed by atoms with E-state index in [0.717, 1.165) is 6.29 Å². The van der Waals surface area contributed by atoms with E-state index in [1.165, 1.54) is 0 Å². The highest BCUT2D eigenvalue weighted by molar-refractivity contribution is 5.55. The van der Waals surface area contributed by atoms with Gasteiger partial charge in [-0.2, -0.15) is 0 Å². The molecule has 0 saturated heterocycles. The van der Waals surface area contributed by atoms with Crippen molar-refractivity contribution >= 4 is 6.29 Å². The van der Waals surface area contributed by atoms with Gasteiger partial charge in [-0.25, -0.2) is 0 Å². The molecule has 0 aliphatic rings. The molecule has 0 aliphatic carbocycles. The van der Waals surface area contributed by atoms with E-state index >= 15 is 0 Å². The molecule has 0 fully saturated rings. The molecule has 0 saturated carbocycles. The molecule has 2 heteroatoms. The van der Waals surface area contributed by atoms with Gasteiger partial charge in [0.1, 0.15) is 19.0 Å². The summed E-state index contributed by atoms with van der Waals surface area (Å²) in [6, 6.07) is 0. The molecule has 0 rings (SSSR count). The third kappa shape index (κ3) is 5.05. The molecule has 2 nitrogen and oxygen atoms in total. The Labute approximate surface area is 55.2 Å². The lowest BCUT2D eigenvalue weighted by molar-refractivity contribution is -0.116. The largest absolute Gasteiger partial charge is 0.358 e. The standard InChI is InChI=1S/C7H10O2/c1-3-4-5-9-7(2)6-8/h6-7H,5H2,1-2H3/t7-/m0/s1. The average Bonchev–Trinajstić information content (AvgIpc) is 1.89. The Morgan fingerprint density at radius 3 is 2.89 bits per heavy atom.